The first-order valence-corrected chi connectivity index (χ1v) is 11.1. The van der Waals surface area contributed by atoms with E-state index < -0.39 is 6.04 Å². The molecule has 1 saturated heterocycles. The highest BCUT2D eigenvalue weighted by Gasteiger charge is 2.38. The molecule has 4 rings (SSSR count). The number of amides is 2. The lowest BCUT2D eigenvalue weighted by molar-refractivity contribution is -0.132. The number of fused-ring (bicyclic) bond motifs is 1. The number of carbonyl (C=O) groups is 2. The fourth-order valence-corrected chi connectivity index (χ4v) is 4.62. The number of para-hydroxylation sites is 1. The van der Waals surface area contributed by atoms with Gasteiger partial charge in [0.15, 0.2) is 0 Å². The highest BCUT2D eigenvalue weighted by Crippen LogP contribution is 2.33. The molecule has 0 aliphatic carbocycles. The number of anilines is 2. The maximum Gasteiger partial charge on any atom is 0.245 e. The minimum atomic E-state index is -0.432. The van der Waals surface area contributed by atoms with Crippen molar-refractivity contribution in [1.29, 1.82) is 0 Å². The van der Waals surface area contributed by atoms with Crippen LogP contribution in [0.3, 0.4) is 0 Å². The van der Waals surface area contributed by atoms with E-state index in [2.05, 4.69) is 41.0 Å². The molecule has 0 spiro atoms. The summed E-state index contributed by atoms with van der Waals surface area (Å²) in [7, 11) is 3.50. The predicted molar refractivity (Wildman–Crippen MR) is 125 cm³/mol. The molecule has 6 heteroatoms. The Morgan fingerprint density at radius 1 is 1.00 bits per heavy atom. The molecule has 2 amide bonds. The van der Waals surface area contributed by atoms with Crippen LogP contribution in [0, 0.1) is 6.92 Å². The van der Waals surface area contributed by atoms with Crippen molar-refractivity contribution in [2.45, 2.75) is 25.8 Å². The molecule has 0 saturated carbocycles. The van der Waals surface area contributed by atoms with Crippen LogP contribution in [0.4, 0.5) is 11.4 Å². The molecular weight excluding hydrogens is 388 g/mol. The SMILES string of the molecule is Cc1cccc(N2CCN(CCC(=O)N3c4ccccc4CC3C(=O)N(C)C)CC2)c1. The van der Waals surface area contributed by atoms with E-state index in [-0.39, 0.29) is 11.8 Å². The van der Waals surface area contributed by atoms with E-state index in [1.807, 2.05) is 24.3 Å². The topological polar surface area (TPSA) is 47.1 Å². The van der Waals surface area contributed by atoms with Crippen LogP contribution < -0.4 is 9.80 Å². The van der Waals surface area contributed by atoms with Crippen molar-refractivity contribution in [3.05, 3.63) is 59.7 Å². The lowest BCUT2D eigenvalue weighted by atomic mass is 10.1. The van der Waals surface area contributed by atoms with E-state index in [4.69, 9.17) is 0 Å². The second-order valence-corrected chi connectivity index (χ2v) is 8.76. The summed E-state index contributed by atoms with van der Waals surface area (Å²) in [6.07, 6.45) is 1.02. The van der Waals surface area contributed by atoms with Gasteiger partial charge < -0.3 is 9.80 Å². The molecule has 2 aliphatic heterocycles. The minimum absolute atomic E-state index is 0.0173. The predicted octanol–water partition coefficient (Wildman–Crippen LogP) is 2.55. The van der Waals surface area contributed by atoms with E-state index in [0.29, 0.717) is 12.8 Å². The molecule has 1 fully saturated rings. The minimum Gasteiger partial charge on any atom is -0.369 e. The summed E-state index contributed by atoms with van der Waals surface area (Å²) in [4.78, 5) is 34.1. The second kappa shape index (κ2) is 9.10. The number of benzene rings is 2. The zero-order valence-corrected chi connectivity index (χ0v) is 18.8. The van der Waals surface area contributed by atoms with Crippen LogP contribution in [0.1, 0.15) is 17.5 Å². The number of aryl methyl sites for hydroxylation is 1. The van der Waals surface area contributed by atoms with Gasteiger partial charge in [-0.05, 0) is 36.2 Å². The first-order valence-electron chi connectivity index (χ1n) is 11.1. The number of nitrogens with zero attached hydrogens (tertiary/aromatic N) is 4. The molecule has 31 heavy (non-hydrogen) atoms. The number of hydrogen-bond donors (Lipinski definition) is 0. The van der Waals surface area contributed by atoms with Gasteiger partial charge in [-0.3, -0.25) is 19.4 Å². The van der Waals surface area contributed by atoms with E-state index in [9.17, 15) is 9.59 Å². The molecule has 2 aliphatic rings. The Balaban J connectivity index is 1.36. The molecule has 2 aromatic rings. The van der Waals surface area contributed by atoms with Crippen LogP contribution in [-0.2, 0) is 16.0 Å². The van der Waals surface area contributed by atoms with Crippen molar-refractivity contribution >= 4 is 23.2 Å². The molecule has 2 heterocycles. The van der Waals surface area contributed by atoms with Crippen molar-refractivity contribution in [2.24, 2.45) is 0 Å². The third kappa shape index (κ3) is 4.59. The second-order valence-electron chi connectivity index (χ2n) is 8.76. The highest BCUT2D eigenvalue weighted by atomic mass is 16.2. The van der Waals surface area contributed by atoms with Gasteiger partial charge in [0, 0.05) is 71.0 Å². The van der Waals surface area contributed by atoms with Gasteiger partial charge >= 0.3 is 0 Å². The van der Waals surface area contributed by atoms with E-state index >= 15 is 0 Å². The molecular formula is C25H32N4O2. The van der Waals surface area contributed by atoms with Gasteiger partial charge in [-0.2, -0.15) is 0 Å². The van der Waals surface area contributed by atoms with Gasteiger partial charge in [0.05, 0.1) is 0 Å². The fourth-order valence-electron chi connectivity index (χ4n) is 4.62. The fraction of sp³-hybridized carbons (Fsp3) is 0.440. The van der Waals surface area contributed by atoms with Crippen LogP contribution in [-0.4, -0.2) is 74.5 Å². The maximum absolute atomic E-state index is 13.2. The summed E-state index contributed by atoms with van der Waals surface area (Å²) in [6.45, 7) is 6.66. The van der Waals surface area contributed by atoms with E-state index in [0.717, 1.165) is 44.0 Å². The third-order valence-electron chi connectivity index (χ3n) is 6.35. The smallest absolute Gasteiger partial charge is 0.245 e. The summed E-state index contributed by atoms with van der Waals surface area (Å²) in [5.41, 5.74) is 4.51. The largest absolute Gasteiger partial charge is 0.369 e. The Morgan fingerprint density at radius 2 is 1.74 bits per heavy atom. The van der Waals surface area contributed by atoms with Crippen LogP contribution in [0.15, 0.2) is 48.5 Å². The van der Waals surface area contributed by atoms with Gasteiger partial charge in [0.25, 0.3) is 0 Å². The van der Waals surface area contributed by atoms with Crippen LogP contribution >= 0.6 is 0 Å². The van der Waals surface area contributed by atoms with Crippen molar-refractivity contribution in [3.63, 3.8) is 0 Å². The lowest BCUT2D eigenvalue weighted by Crippen LogP contribution is -2.50. The van der Waals surface area contributed by atoms with Crippen molar-refractivity contribution < 1.29 is 9.59 Å². The molecule has 6 nitrogen and oxygen atoms in total. The van der Waals surface area contributed by atoms with Crippen molar-refractivity contribution in [1.82, 2.24) is 9.80 Å². The standard InChI is InChI=1S/C25H32N4O2/c1-19-7-6-9-21(17-19)28-15-13-27(14-16-28)12-11-24(30)29-22-10-5-4-8-20(22)18-23(29)25(31)26(2)3/h4-10,17,23H,11-16,18H2,1-3H3. The summed E-state index contributed by atoms with van der Waals surface area (Å²) in [5.74, 6) is 0.0163. The zero-order chi connectivity index (χ0) is 22.0. The van der Waals surface area contributed by atoms with Crippen molar-refractivity contribution in [3.8, 4) is 0 Å². The molecule has 0 aromatic heterocycles. The molecule has 1 unspecified atom stereocenters. The molecule has 0 radical (unpaired) electrons. The number of piperazine rings is 1. The first-order chi connectivity index (χ1) is 14.9. The summed E-state index contributed by atoms with van der Waals surface area (Å²) in [5, 5.41) is 0. The Hall–Kier alpha value is -2.86. The summed E-state index contributed by atoms with van der Waals surface area (Å²) < 4.78 is 0. The molecule has 2 aromatic carbocycles. The Morgan fingerprint density at radius 3 is 2.45 bits per heavy atom. The van der Waals surface area contributed by atoms with Crippen molar-refractivity contribution in [2.75, 3.05) is 56.6 Å². The van der Waals surface area contributed by atoms with Gasteiger partial charge in [-0.1, -0.05) is 30.3 Å². The molecule has 0 bridgehead atoms. The average molecular weight is 421 g/mol. The van der Waals surface area contributed by atoms with Gasteiger partial charge in [0.1, 0.15) is 6.04 Å². The number of carbonyl (C=O) groups excluding carboxylic acids is 2. The monoisotopic (exact) mass is 420 g/mol. The Kier molecular flexibility index (Phi) is 6.28. The first kappa shape index (κ1) is 21.4. The highest BCUT2D eigenvalue weighted by molar-refractivity contribution is 6.03. The molecule has 164 valence electrons. The maximum atomic E-state index is 13.2. The number of hydrogen-bond acceptors (Lipinski definition) is 4. The zero-order valence-electron chi connectivity index (χ0n) is 18.8. The third-order valence-corrected chi connectivity index (χ3v) is 6.35. The van der Waals surface area contributed by atoms with Crippen LogP contribution in [0.5, 0.6) is 0 Å². The van der Waals surface area contributed by atoms with E-state index in [1.165, 1.54) is 11.3 Å². The van der Waals surface area contributed by atoms with Crippen LogP contribution in [0.2, 0.25) is 0 Å². The average Bonchev–Trinajstić information content (AvgIpc) is 3.17. The number of likely N-dealkylation sites (N-methyl/N-ethyl adjacent to an activating group) is 1. The van der Waals surface area contributed by atoms with Gasteiger partial charge in [-0.25, -0.2) is 0 Å². The normalized spacial score (nSPS) is 18.7. The van der Waals surface area contributed by atoms with E-state index in [1.54, 1.807) is 23.9 Å². The Bertz CT molecular complexity index is 950. The summed E-state index contributed by atoms with van der Waals surface area (Å²) in [6, 6.07) is 16.1. The lowest BCUT2D eigenvalue weighted by Gasteiger charge is -2.36. The van der Waals surface area contributed by atoms with Gasteiger partial charge in [0.2, 0.25) is 11.8 Å². The Labute approximate surface area is 185 Å². The molecule has 1 atom stereocenters. The number of rotatable bonds is 5. The van der Waals surface area contributed by atoms with Crippen LogP contribution in [0.25, 0.3) is 0 Å². The molecule has 0 N–H and O–H groups in total. The quantitative estimate of drug-likeness (QED) is 0.746. The van der Waals surface area contributed by atoms with Gasteiger partial charge in [-0.15, -0.1) is 0 Å². The summed E-state index contributed by atoms with van der Waals surface area (Å²) >= 11 is 0.